The summed E-state index contributed by atoms with van der Waals surface area (Å²) in [6.07, 6.45) is 3.33. The standard InChI is InChI=1S/C17H19N5O3S/c1-13-4-6-16(7-5-13)26(24,25)21-17(23)14-10-15(22(2)12-14)11-20-19-9-3-8-18/h4-7,10-12,19H,3,9H2,1-2H3,(H,21,23). The van der Waals surface area contributed by atoms with Crippen molar-refractivity contribution >= 4 is 22.1 Å². The van der Waals surface area contributed by atoms with Gasteiger partial charge in [0.15, 0.2) is 0 Å². The molecule has 0 spiro atoms. The Hall–Kier alpha value is -3.12. The van der Waals surface area contributed by atoms with Crippen molar-refractivity contribution in [3.63, 3.8) is 0 Å². The number of carbonyl (C=O) groups excluding carboxylic acids is 1. The molecule has 1 aromatic carbocycles. The first kappa shape index (κ1) is 19.2. The van der Waals surface area contributed by atoms with E-state index in [1.807, 2.05) is 13.0 Å². The van der Waals surface area contributed by atoms with Crippen LogP contribution in [-0.2, 0) is 17.1 Å². The van der Waals surface area contributed by atoms with Gasteiger partial charge in [-0.15, -0.1) is 0 Å². The molecular formula is C17H19N5O3S. The molecule has 0 aliphatic rings. The first-order chi connectivity index (χ1) is 12.3. The summed E-state index contributed by atoms with van der Waals surface area (Å²) >= 11 is 0. The number of sulfonamides is 1. The summed E-state index contributed by atoms with van der Waals surface area (Å²) in [5, 5.41) is 12.4. The maximum atomic E-state index is 12.3. The summed E-state index contributed by atoms with van der Waals surface area (Å²) in [6.45, 7) is 2.26. The number of benzene rings is 1. The number of hydrogen-bond donors (Lipinski definition) is 2. The highest BCUT2D eigenvalue weighted by Gasteiger charge is 2.19. The monoisotopic (exact) mass is 373 g/mol. The number of nitrogens with one attached hydrogen (secondary N) is 2. The molecule has 2 aromatic rings. The molecule has 0 unspecified atom stereocenters. The van der Waals surface area contributed by atoms with Crippen LogP contribution in [0.25, 0.3) is 0 Å². The normalized spacial score (nSPS) is 11.3. The van der Waals surface area contributed by atoms with Gasteiger partial charge in [-0.2, -0.15) is 10.4 Å². The third-order valence-corrected chi connectivity index (χ3v) is 4.85. The van der Waals surface area contributed by atoms with Crippen molar-refractivity contribution in [2.24, 2.45) is 12.1 Å². The molecule has 2 N–H and O–H groups in total. The van der Waals surface area contributed by atoms with Gasteiger partial charge in [0.05, 0.1) is 34.9 Å². The maximum absolute atomic E-state index is 12.3. The second-order valence-corrected chi connectivity index (χ2v) is 7.27. The topological polar surface area (TPSA) is 116 Å². The molecule has 0 fully saturated rings. The lowest BCUT2D eigenvalue weighted by molar-refractivity contribution is 0.0981. The molecule has 0 aliphatic carbocycles. The number of aromatic nitrogens is 1. The average molecular weight is 373 g/mol. The fraction of sp³-hybridized carbons (Fsp3) is 0.235. The van der Waals surface area contributed by atoms with Crippen LogP contribution in [0.15, 0.2) is 46.5 Å². The largest absolute Gasteiger partial charge is 0.349 e. The Morgan fingerprint density at radius 1 is 1.35 bits per heavy atom. The van der Waals surface area contributed by atoms with Gasteiger partial charge in [0, 0.05) is 19.8 Å². The minimum absolute atomic E-state index is 0.0239. The molecule has 1 amide bonds. The molecule has 26 heavy (non-hydrogen) atoms. The molecule has 2 rings (SSSR count). The average Bonchev–Trinajstić information content (AvgIpc) is 2.96. The SMILES string of the molecule is Cc1ccc(S(=O)(=O)NC(=O)c2cc(C=NNCCC#N)n(C)c2)cc1. The summed E-state index contributed by atoms with van der Waals surface area (Å²) in [5.41, 5.74) is 4.42. The molecule has 1 aromatic heterocycles. The minimum Gasteiger partial charge on any atom is -0.349 e. The fourth-order valence-corrected chi connectivity index (χ4v) is 3.05. The third-order valence-electron chi connectivity index (χ3n) is 3.50. The van der Waals surface area contributed by atoms with Gasteiger partial charge in [0.2, 0.25) is 0 Å². The molecular weight excluding hydrogens is 354 g/mol. The van der Waals surface area contributed by atoms with Crippen LogP contribution in [0.5, 0.6) is 0 Å². The second-order valence-electron chi connectivity index (χ2n) is 5.59. The van der Waals surface area contributed by atoms with Crippen molar-refractivity contribution < 1.29 is 13.2 Å². The molecule has 0 radical (unpaired) electrons. The van der Waals surface area contributed by atoms with Crippen LogP contribution in [0.4, 0.5) is 0 Å². The van der Waals surface area contributed by atoms with Gasteiger partial charge in [-0.25, -0.2) is 13.1 Å². The highest BCUT2D eigenvalue weighted by atomic mass is 32.2. The van der Waals surface area contributed by atoms with Gasteiger partial charge >= 0.3 is 0 Å². The van der Waals surface area contributed by atoms with E-state index in [1.54, 1.807) is 23.7 Å². The van der Waals surface area contributed by atoms with Crippen LogP contribution in [0, 0.1) is 18.3 Å². The van der Waals surface area contributed by atoms with Crippen LogP contribution in [0.1, 0.15) is 28.0 Å². The predicted molar refractivity (Wildman–Crippen MR) is 97.1 cm³/mol. The number of hydrazone groups is 1. The lowest BCUT2D eigenvalue weighted by atomic mass is 10.2. The number of carbonyl (C=O) groups is 1. The zero-order valence-electron chi connectivity index (χ0n) is 14.4. The summed E-state index contributed by atoms with van der Waals surface area (Å²) < 4.78 is 28.3. The second kappa shape index (κ2) is 8.31. The molecule has 0 atom stereocenters. The van der Waals surface area contributed by atoms with E-state index in [0.29, 0.717) is 18.7 Å². The summed E-state index contributed by atoms with van der Waals surface area (Å²) in [7, 11) is -2.23. The van der Waals surface area contributed by atoms with Gasteiger partial charge in [0.25, 0.3) is 15.9 Å². The molecule has 0 aliphatic heterocycles. The van der Waals surface area contributed by atoms with E-state index in [4.69, 9.17) is 5.26 Å². The lowest BCUT2D eigenvalue weighted by Crippen LogP contribution is -2.30. The summed E-state index contributed by atoms with van der Waals surface area (Å²) in [6, 6.07) is 9.72. The molecule has 0 saturated carbocycles. The van der Waals surface area contributed by atoms with Crippen molar-refractivity contribution in [1.29, 1.82) is 5.26 Å². The summed E-state index contributed by atoms with van der Waals surface area (Å²) in [4.78, 5) is 12.3. The quantitative estimate of drug-likeness (QED) is 0.431. The Labute approximate surface area is 152 Å². The fourth-order valence-electron chi connectivity index (χ4n) is 2.08. The Morgan fingerprint density at radius 3 is 2.69 bits per heavy atom. The third kappa shape index (κ3) is 4.94. The number of aryl methyl sites for hydroxylation is 2. The van der Waals surface area contributed by atoms with Gasteiger partial charge in [-0.1, -0.05) is 17.7 Å². The first-order valence-electron chi connectivity index (χ1n) is 7.76. The van der Waals surface area contributed by atoms with Crippen LogP contribution < -0.4 is 10.1 Å². The minimum atomic E-state index is -3.94. The van der Waals surface area contributed by atoms with Gasteiger partial charge in [-0.05, 0) is 25.1 Å². The van der Waals surface area contributed by atoms with E-state index >= 15 is 0 Å². The number of hydrogen-bond acceptors (Lipinski definition) is 6. The molecule has 0 saturated heterocycles. The van der Waals surface area contributed by atoms with E-state index in [1.165, 1.54) is 30.6 Å². The van der Waals surface area contributed by atoms with Crippen molar-refractivity contribution in [3.8, 4) is 6.07 Å². The highest BCUT2D eigenvalue weighted by Crippen LogP contribution is 2.12. The Morgan fingerprint density at radius 2 is 2.04 bits per heavy atom. The Kier molecular flexibility index (Phi) is 6.14. The van der Waals surface area contributed by atoms with Crippen LogP contribution in [0.3, 0.4) is 0 Å². The number of amides is 1. The molecule has 9 heteroatoms. The van der Waals surface area contributed by atoms with Crippen LogP contribution in [0.2, 0.25) is 0 Å². The number of nitrogens with zero attached hydrogens (tertiary/aromatic N) is 3. The van der Waals surface area contributed by atoms with Gasteiger partial charge < -0.3 is 9.99 Å². The molecule has 136 valence electrons. The van der Waals surface area contributed by atoms with E-state index in [2.05, 4.69) is 15.2 Å². The zero-order chi connectivity index (χ0) is 19.2. The maximum Gasteiger partial charge on any atom is 0.266 e. The zero-order valence-corrected chi connectivity index (χ0v) is 15.2. The Balaban J connectivity index is 2.09. The predicted octanol–water partition coefficient (Wildman–Crippen LogP) is 1.29. The van der Waals surface area contributed by atoms with Crippen molar-refractivity contribution in [2.75, 3.05) is 6.54 Å². The summed E-state index contributed by atoms with van der Waals surface area (Å²) in [5.74, 6) is -0.724. The van der Waals surface area contributed by atoms with Crippen molar-refractivity contribution in [1.82, 2.24) is 14.7 Å². The molecule has 1 heterocycles. The van der Waals surface area contributed by atoms with Gasteiger partial charge in [0.1, 0.15) is 0 Å². The van der Waals surface area contributed by atoms with E-state index in [-0.39, 0.29) is 10.5 Å². The van der Waals surface area contributed by atoms with Crippen LogP contribution in [-0.4, -0.2) is 31.7 Å². The molecule has 8 nitrogen and oxygen atoms in total. The Bertz CT molecular complexity index is 953. The highest BCUT2D eigenvalue weighted by molar-refractivity contribution is 7.90. The first-order valence-corrected chi connectivity index (χ1v) is 9.25. The van der Waals surface area contributed by atoms with Crippen molar-refractivity contribution in [2.45, 2.75) is 18.2 Å². The van der Waals surface area contributed by atoms with Crippen molar-refractivity contribution in [3.05, 3.63) is 53.3 Å². The smallest absolute Gasteiger partial charge is 0.266 e. The lowest BCUT2D eigenvalue weighted by Gasteiger charge is -2.06. The number of nitriles is 1. The molecule has 0 bridgehead atoms. The van der Waals surface area contributed by atoms with E-state index in [0.717, 1.165) is 5.56 Å². The van der Waals surface area contributed by atoms with E-state index in [9.17, 15) is 13.2 Å². The van der Waals surface area contributed by atoms with E-state index < -0.39 is 15.9 Å². The van der Waals surface area contributed by atoms with Crippen LogP contribution >= 0.6 is 0 Å². The van der Waals surface area contributed by atoms with Gasteiger partial charge in [-0.3, -0.25) is 4.79 Å². The number of rotatable bonds is 7.